The van der Waals surface area contributed by atoms with Gasteiger partial charge in [-0.05, 0) is 0 Å². The highest BCUT2D eigenvalue weighted by Gasteiger charge is 2.48. The first-order valence-electron chi connectivity index (χ1n) is 4.14. The van der Waals surface area contributed by atoms with Crippen molar-refractivity contribution in [1.29, 1.82) is 0 Å². The van der Waals surface area contributed by atoms with E-state index >= 15 is 0 Å². The highest BCUT2D eigenvalue weighted by Crippen LogP contribution is 2.60. The molecule has 0 bridgehead atoms. The Morgan fingerprint density at radius 1 is 1.33 bits per heavy atom. The molecule has 0 aromatic heterocycles. The lowest BCUT2D eigenvalue weighted by molar-refractivity contribution is 0.304. The fourth-order valence-corrected chi connectivity index (χ4v) is 3.26. The molecule has 0 atom stereocenters. The van der Waals surface area contributed by atoms with Crippen LogP contribution >= 0.6 is 7.67 Å². The molecule has 0 N–H and O–H groups in total. The lowest BCUT2D eigenvalue weighted by Crippen LogP contribution is -2.07. The van der Waals surface area contributed by atoms with Crippen LogP contribution in [0.5, 0.6) is 0 Å². The summed E-state index contributed by atoms with van der Waals surface area (Å²) in [6.07, 6.45) is 1.64. The summed E-state index contributed by atoms with van der Waals surface area (Å²) >= 11 is 0. The zero-order valence-corrected chi connectivity index (χ0v) is 7.87. The molecule has 0 radical (unpaired) electrons. The predicted molar refractivity (Wildman–Crippen MR) is 46.9 cm³/mol. The summed E-state index contributed by atoms with van der Waals surface area (Å²) in [4.78, 5) is 0. The molecule has 2 saturated heterocycles. The molecule has 0 amide bonds. The Morgan fingerprint density at radius 2 is 1.83 bits per heavy atom. The zero-order valence-electron chi connectivity index (χ0n) is 6.98. The van der Waals surface area contributed by atoms with E-state index in [9.17, 15) is 4.57 Å². The van der Waals surface area contributed by atoms with Crippen molar-refractivity contribution < 1.29 is 9.09 Å². The van der Waals surface area contributed by atoms with Crippen LogP contribution in [0.15, 0.2) is 12.7 Å². The van der Waals surface area contributed by atoms with E-state index in [0.29, 0.717) is 6.61 Å². The van der Waals surface area contributed by atoms with Crippen LogP contribution in [-0.2, 0) is 9.09 Å². The van der Waals surface area contributed by atoms with Crippen molar-refractivity contribution in [2.45, 2.75) is 0 Å². The Bertz CT molecular complexity index is 220. The van der Waals surface area contributed by atoms with Crippen molar-refractivity contribution >= 4 is 7.67 Å². The lowest BCUT2D eigenvalue weighted by atomic mass is 10.7. The van der Waals surface area contributed by atoms with Crippen LogP contribution in [0.3, 0.4) is 0 Å². The molecule has 2 aliphatic rings. The van der Waals surface area contributed by atoms with E-state index in [1.54, 1.807) is 6.08 Å². The third-order valence-corrected chi connectivity index (χ3v) is 4.64. The molecule has 0 unspecified atom stereocenters. The molecule has 0 aliphatic carbocycles. The standard InChI is InChI=1S/C7H13N2O2P/c1-2-7-11-12(10,8-3-4-8)9-5-6-9/h2H,1,3-7H2. The molecular weight excluding hydrogens is 175 g/mol. The summed E-state index contributed by atoms with van der Waals surface area (Å²) in [5, 5.41) is 0. The van der Waals surface area contributed by atoms with Gasteiger partial charge in [0.15, 0.2) is 0 Å². The van der Waals surface area contributed by atoms with E-state index in [1.807, 2.05) is 9.34 Å². The summed E-state index contributed by atoms with van der Waals surface area (Å²) in [5.41, 5.74) is 0. The van der Waals surface area contributed by atoms with Gasteiger partial charge in [-0.15, -0.1) is 6.58 Å². The van der Waals surface area contributed by atoms with Gasteiger partial charge in [-0.3, -0.25) is 4.57 Å². The number of rotatable bonds is 5. The van der Waals surface area contributed by atoms with Gasteiger partial charge in [-0.1, -0.05) is 6.08 Å². The Labute approximate surface area is 72.3 Å². The van der Waals surface area contributed by atoms with Crippen LogP contribution in [-0.4, -0.2) is 42.1 Å². The van der Waals surface area contributed by atoms with Crippen molar-refractivity contribution in [3.05, 3.63) is 12.7 Å². The van der Waals surface area contributed by atoms with Gasteiger partial charge in [0.05, 0.1) is 6.61 Å². The number of hydrogen-bond acceptors (Lipinski definition) is 2. The molecule has 0 spiro atoms. The first kappa shape index (κ1) is 8.45. The SMILES string of the molecule is C=CCOP(=O)(N1CC1)N1CC1. The van der Waals surface area contributed by atoms with Crippen molar-refractivity contribution in [2.75, 3.05) is 32.8 Å². The van der Waals surface area contributed by atoms with Crippen LogP contribution in [0.2, 0.25) is 0 Å². The average Bonchev–Trinajstić information content (AvgIpc) is 2.92. The van der Waals surface area contributed by atoms with Gasteiger partial charge in [0.1, 0.15) is 0 Å². The Hall–Kier alpha value is -0.150. The van der Waals surface area contributed by atoms with Gasteiger partial charge in [-0.2, -0.15) is 0 Å². The minimum absolute atomic E-state index is 0.379. The lowest BCUT2D eigenvalue weighted by Gasteiger charge is -2.18. The second-order valence-corrected chi connectivity index (χ2v) is 5.35. The molecule has 4 nitrogen and oxygen atoms in total. The van der Waals surface area contributed by atoms with Crippen LogP contribution in [0.4, 0.5) is 0 Å². The highest BCUT2D eigenvalue weighted by molar-refractivity contribution is 7.54. The Balaban J connectivity index is 1.99. The van der Waals surface area contributed by atoms with E-state index < -0.39 is 7.67 Å². The average molecular weight is 188 g/mol. The Kier molecular flexibility index (Phi) is 2.09. The molecule has 2 rings (SSSR count). The summed E-state index contributed by atoms with van der Waals surface area (Å²) in [6, 6.07) is 0. The molecule has 2 aliphatic heterocycles. The minimum atomic E-state index is -2.56. The smallest absolute Gasteiger partial charge is 0.302 e. The topological polar surface area (TPSA) is 32.3 Å². The second kappa shape index (κ2) is 2.96. The van der Waals surface area contributed by atoms with Crippen LogP contribution < -0.4 is 0 Å². The van der Waals surface area contributed by atoms with Crippen LogP contribution in [0.1, 0.15) is 0 Å². The first-order chi connectivity index (χ1) is 5.77. The fraction of sp³-hybridized carbons (Fsp3) is 0.714. The van der Waals surface area contributed by atoms with Gasteiger partial charge in [0.2, 0.25) is 0 Å². The molecule has 12 heavy (non-hydrogen) atoms. The second-order valence-electron chi connectivity index (χ2n) is 2.98. The fourth-order valence-electron chi connectivity index (χ4n) is 1.09. The van der Waals surface area contributed by atoms with E-state index in [2.05, 4.69) is 6.58 Å². The quantitative estimate of drug-likeness (QED) is 0.365. The van der Waals surface area contributed by atoms with E-state index in [1.165, 1.54) is 0 Å². The largest absolute Gasteiger partial charge is 0.346 e. The zero-order chi connectivity index (χ0) is 8.60. The first-order valence-corrected chi connectivity index (χ1v) is 5.67. The number of hydrogen-bond donors (Lipinski definition) is 0. The van der Waals surface area contributed by atoms with Gasteiger partial charge < -0.3 is 4.52 Å². The molecule has 2 fully saturated rings. The van der Waals surface area contributed by atoms with Gasteiger partial charge in [-0.25, -0.2) is 9.34 Å². The van der Waals surface area contributed by atoms with Gasteiger partial charge >= 0.3 is 7.67 Å². The summed E-state index contributed by atoms with van der Waals surface area (Å²) in [5.74, 6) is 0. The highest BCUT2D eigenvalue weighted by atomic mass is 31.2. The summed E-state index contributed by atoms with van der Waals surface area (Å²) < 4.78 is 21.2. The molecule has 0 aromatic carbocycles. The van der Waals surface area contributed by atoms with Crippen molar-refractivity contribution in [2.24, 2.45) is 0 Å². The van der Waals surface area contributed by atoms with E-state index in [-0.39, 0.29) is 0 Å². The van der Waals surface area contributed by atoms with Crippen molar-refractivity contribution in [3.8, 4) is 0 Å². The maximum atomic E-state index is 12.1. The molecule has 5 heteroatoms. The van der Waals surface area contributed by atoms with E-state index in [4.69, 9.17) is 4.52 Å². The molecule has 0 saturated carbocycles. The maximum absolute atomic E-state index is 12.1. The third-order valence-electron chi connectivity index (χ3n) is 1.92. The predicted octanol–water partition coefficient (Wildman–Crippen LogP) is 0.928. The maximum Gasteiger partial charge on any atom is 0.346 e. The van der Waals surface area contributed by atoms with E-state index in [0.717, 1.165) is 26.2 Å². The normalized spacial score (nSPS) is 24.0. The van der Waals surface area contributed by atoms with Gasteiger partial charge in [0.25, 0.3) is 0 Å². The van der Waals surface area contributed by atoms with Crippen molar-refractivity contribution in [3.63, 3.8) is 0 Å². The van der Waals surface area contributed by atoms with Crippen molar-refractivity contribution in [1.82, 2.24) is 9.34 Å². The molecule has 68 valence electrons. The van der Waals surface area contributed by atoms with Gasteiger partial charge in [0, 0.05) is 26.2 Å². The van der Waals surface area contributed by atoms with Crippen LogP contribution in [0, 0.1) is 0 Å². The Morgan fingerprint density at radius 3 is 2.17 bits per heavy atom. The summed E-state index contributed by atoms with van der Waals surface area (Å²) in [7, 11) is -2.56. The number of nitrogens with zero attached hydrogens (tertiary/aromatic N) is 2. The summed E-state index contributed by atoms with van der Waals surface area (Å²) in [6.45, 7) is 7.55. The van der Waals surface area contributed by atoms with Crippen LogP contribution in [0.25, 0.3) is 0 Å². The molecule has 0 aromatic rings. The molecule has 2 heterocycles. The molecular formula is C7H13N2O2P. The minimum Gasteiger partial charge on any atom is -0.302 e. The third kappa shape index (κ3) is 1.48. The monoisotopic (exact) mass is 188 g/mol.